The fourth-order valence-corrected chi connectivity index (χ4v) is 1.24. The lowest BCUT2D eigenvalue weighted by Gasteiger charge is -2.18. The van der Waals surface area contributed by atoms with Gasteiger partial charge in [-0.2, -0.15) is 0 Å². The quantitative estimate of drug-likeness (QED) is 0.870. The van der Waals surface area contributed by atoms with Gasteiger partial charge in [0, 0.05) is 6.54 Å². The van der Waals surface area contributed by atoms with E-state index >= 15 is 0 Å². The summed E-state index contributed by atoms with van der Waals surface area (Å²) >= 11 is 0. The summed E-state index contributed by atoms with van der Waals surface area (Å²) in [6.07, 6.45) is 0. The van der Waals surface area contributed by atoms with Crippen LogP contribution in [0.4, 0.5) is 0 Å². The third-order valence-electron chi connectivity index (χ3n) is 2.25. The van der Waals surface area contributed by atoms with Crippen LogP contribution in [0.25, 0.3) is 0 Å². The molecule has 3 nitrogen and oxygen atoms in total. The predicted molar refractivity (Wildman–Crippen MR) is 68.7 cm³/mol. The number of rotatable bonds is 4. The second-order valence-corrected chi connectivity index (χ2v) is 5.16. The molecule has 0 aliphatic carbocycles. The van der Waals surface area contributed by atoms with Crippen LogP contribution < -0.4 is 5.32 Å². The van der Waals surface area contributed by atoms with Crippen molar-refractivity contribution in [2.24, 2.45) is 0 Å². The molecule has 1 rings (SSSR count). The van der Waals surface area contributed by atoms with Crippen molar-refractivity contribution in [3.63, 3.8) is 0 Å². The maximum Gasteiger partial charge on any atom is 0.246 e. The molecule has 94 valence electrons. The molecule has 17 heavy (non-hydrogen) atoms. The van der Waals surface area contributed by atoms with Crippen molar-refractivity contribution in [2.45, 2.75) is 39.8 Å². The molecular weight excluding hydrogens is 214 g/mol. The molecule has 0 spiro atoms. The lowest BCUT2D eigenvalue weighted by molar-refractivity contribution is -0.130. The van der Waals surface area contributed by atoms with Crippen molar-refractivity contribution >= 4 is 5.91 Å². The van der Waals surface area contributed by atoms with Gasteiger partial charge in [-0.15, -0.1) is 0 Å². The van der Waals surface area contributed by atoms with Gasteiger partial charge in [0.25, 0.3) is 0 Å². The van der Waals surface area contributed by atoms with Crippen LogP contribution in [0.15, 0.2) is 24.3 Å². The Hall–Kier alpha value is -1.35. The van der Waals surface area contributed by atoms with E-state index in [1.165, 1.54) is 5.56 Å². The van der Waals surface area contributed by atoms with Crippen molar-refractivity contribution in [3.05, 3.63) is 35.4 Å². The van der Waals surface area contributed by atoms with Gasteiger partial charge in [0.15, 0.2) is 0 Å². The van der Waals surface area contributed by atoms with Gasteiger partial charge >= 0.3 is 0 Å². The van der Waals surface area contributed by atoms with Crippen molar-refractivity contribution in [1.29, 1.82) is 0 Å². The molecular formula is C14H21NO2. The second kappa shape index (κ2) is 5.82. The third kappa shape index (κ3) is 6.07. The molecule has 0 aliphatic heterocycles. The SMILES string of the molecule is Cc1ccc(CNC(=O)COC(C)(C)C)cc1. The fourth-order valence-electron chi connectivity index (χ4n) is 1.24. The van der Waals surface area contributed by atoms with E-state index in [-0.39, 0.29) is 18.1 Å². The molecule has 1 aromatic rings. The Morgan fingerprint density at radius 1 is 1.24 bits per heavy atom. The Morgan fingerprint density at radius 3 is 2.35 bits per heavy atom. The van der Waals surface area contributed by atoms with Gasteiger partial charge in [0.1, 0.15) is 6.61 Å². The van der Waals surface area contributed by atoms with Gasteiger partial charge in [0.05, 0.1) is 5.60 Å². The third-order valence-corrected chi connectivity index (χ3v) is 2.25. The number of carbonyl (C=O) groups excluding carboxylic acids is 1. The summed E-state index contributed by atoms with van der Waals surface area (Å²) in [5.74, 6) is -0.0829. The molecule has 0 aliphatic rings. The molecule has 0 saturated carbocycles. The number of carbonyl (C=O) groups is 1. The molecule has 1 amide bonds. The molecule has 0 bridgehead atoms. The molecule has 0 aromatic heterocycles. The van der Waals surface area contributed by atoms with Crippen LogP contribution in [0, 0.1) is 6.92 Å². The van der Waals surface area contributed by atoms with E-state index < -0.39 is 0 Å². The zero-order valence-corrected chi connectivity index (χ0v) is 11.0. The Morgan fingerprint density at radius 2 is 1.82 bits per heavy atom. The first kappa shape index (κ1) is 13.7. The minimum absolute atomic E-state index is 0.0829. The van der Waals surface area contributed by atoms with Gasteiger partial charge in [-0.05, 0) is 33.3 Å². The van der Waals surface area contributed by atoms with Gasteiger partial charge in [-0.1, -0.05) is 29.8 Å². The largest absolute Gasteiger partial charge is 0.366 e. The van der Waals surface area contributed by atoms with Gasteiger partial charge in [-0.3, -0.25) is 4.79 Å². The van der Waals surface area contributed by atoms with Crippen LogP contribution in [-0.4, -0.2) is 18.1 Å². The highest BCUT2D eigenvalue weighted by molar-refractivity contribution is 5.77. The van der Waals surface area contributed by atoms with Crippen LogP contribution in [0.1, 0.15) is 31.9 Å². The van der Waals surface area contributed by atoms with E-state index in [4.69, 9.17) is 4.74 Å². The number of hydrogen-bond acceptors (Lipinski definition) is 2. The molecule has 0 heterocycles. The lowest BCUT2D eigenvalue weighted by atomic mass is 10.1. The fraction of sp³-hybridized carbons (Fsp3) is 0.500. The van der Waals surface area contributed by atoms with Gasteiger partial charge in [-0.25, -0.2) is 0 Å². The normalized spacial score (nSPS) is 11.3. The van der Waals surface area contributed by atoms with Crippen molar-refractivity contribution in [1.82, 2.24) is 5.32 Å². The summed E-state index contributed by atoms with van der Waals surface area (Å²) in [4.78, 5) is 11.5. The molecule has 0 unspecified atom stereocenters. The van der Waals surface area contributed by atoms with Crippen LogP contribution in [0.5, 0.6) is 0 Å². The van der Waals surface area contributed by atoms with Crippen LogP contribution in [-0.2, 0) is 16.1 Å². The van der Waals surface area contributed by atoms with E-state index in [9.17, 15) is 4.79 Å². The summed E-state index contributed by atoms with van der Waals surface area (Å²) < 4.78 is 5.39. The first-order valence-electron chi connectivity index (χ1n) is 5.83. The Bertz CT molecular complexity index is 363. The van der Waals surface area contributed by atoms with Crippen molar-refractivity contribution in [2.75, 3.05) is 6.61 Å². The van der Waals surface area contributed by atoms with E-state index in [2.05, 4.69) is 5.32 Å². The molecule has 3 heteroatoms. The number of aryl methyl sites for hydroxylation is 1. The van der Waals surface area contributed by atoms with E-state index in [0.29, 0.717) is 6.54 Å². The monoisotopic (exact) mass is 235 g/mol. The van der Waals surface area contributed by atoms with Gasteiger partial charge < -0.3 is 10.1 Å². The Kier molecular flexibility index (Phi) is 4.70. The van der Waals surface area contributed by atoms with Crippen LogP contribution in [0.3, 0.4) is 0 Å². The van der Waals surface area contributed by atoms with Gasteiger partial charge in [0.2, 0.25) is 5.91 Å². The number of nitrogens with one attached hydrogen (secondary N) is 1. The second-order valence-electron chi connectivity index (χ2n) is 5.16. The summed E-state index contributed by atoms with van der Waals surface area (Å²) in [6, 6.07) is 8.10. The number of ether oxygens (including phenoxy) is 1. The number of amides is 1. The molecule has 0 saturated heterocycles. The minimum atomic E-state index is -0.277. The highest BCUT2D eigenvalue weighted by atomic mass is 16.5. The molecule has 0 atom stereocenters. The molecule has 1 N–H and O–H groups in total. The molecule has 1 aromatic carbocycles. The first-order valence-corrected chi connectivity index (χ1v) is 5.83. The zero-order valence-electron chi connectivity index (χ0n) is 11.0. The lowest BCUT2D eigenvalue weighted by Crippen LogP contribution is -2.31. The summed E-state index contributed by atoms with van der Waals surface area (Å²) in [5, 5.41) is 2.83. The highest BCUT2D eigenvalue weighted by Crippen LogP contribution is 2.06. The molecule has 0 radical (unpaired) electrons. The first-order chi connectivity index (χ1) is 7.87. The Labute approximate surface area is 103 Å². The molecule has 0 fully saturated rings. The average molecular weight is 235 g/mol. The van der Waals surface area contributed by atoms with Crippen molar-refractivity contribution < 1.29 is 9.53 Å². The predicted octanol–water partition coefficient (Wildman–Crippen LogP) is 2.43. The smallest absolute Gasteiger partial charge is 0.246 e. The maximum atomic E-state index is 11.5. The zero-order chi connectivity index (χ0) is 12.9. The average Bonchev–Trinajstić information content (AvgIpc) is 2.25. The van der Waals surface area contributed by atoms with Crippen molar-refractivity contribution in [3.8, 4) is 0 Å². The highest BCUT2D eigenvalue weighted by Gasteiger charge is 2.12. The van der Waals surface area contributed by atoms with Crippen LogP contribution in [0.2, 0.25) is 0 Å². The summed E-state index contributed by atoms with van der Waals surface area (Å²) in [5.41, 5.74) is 2.04. The van der Waals surface area contributed by atoms with E-state index in [0.717, 1.165) is 5.56 Å². The summed E-state index contributed by atoms with van der Waals surface area (Å²) in [7, 11) is 0. The van der Waals surface area contributed by atoms with E-state index in [1.807, 2.05) is 52.0 Å². The Balaban J connectivity index is 2.31. The topological polar surface area (TPSA) is 38.3 Å². The maximum absolute atomic E-state index is 11.5. The minimum Gasteiger partial charge on any atom is -0.366 e. The van der Waals surface area contributed by atoms with E-state index in [1.54, 1.807) is 0 Å². The number of hydrogen-bond donors (Lipinski definition) is 1. The standard InChI is InChI=1S/C14H21NO2/c1-11-5-7-12(8-6-11)9-15-13(16)10-17-14(2,3)4/h5-8H,9-10H2,1-4H3,(H,15,16). The summed E-state index contributed by atoms with van der Waals surface area (Å²) in [6.45, 7) is 8.49. The van der Waals surface area contributed by atoms with Crippen LogP contribution >= 0.6 is 0 Å². The number of benzene rings is 1.